The van der Waals surface area contributed by atoms with Crippen molar-refractivity contribution in [1.82, 2.24) is 0 Å². The maximum atomic E-state index is 13.1. The Hall–Kier alpha value is -2.12. The van der Waals surface area contributed by atoms with Crippen LogP contribution in [0.1, 0.15) is 10.6 Å². The minimum Gasteiger partial charge on any atom is -0.474 e. The molecule has 0 saturated carbocycles. The predicted octanol–water partition coefficient (Wildman–Crippen LogP) is 7.63. The fourth-order valence-corrected chi connectivity index (χ4v) is 6.14. The molecule has 0 bridgehead atoms. The van der Waals surface area contributed by atoms with Gasteiger partial charge in [0.2, 0.25) is 0 Å². The van der Waals surface area contributed by atoms with Gasteiger partial charge in [0.05, 0.1) is 5.56 Å². The van der Waals surface area contributed by atoms with Gasteiger partial charge in [0, 0.05) is 58.0 Å². The summed E-state index contributed by atoms with van der Waals surface area (Å²) in [5.74, 6) is 1.73. The fraction of sp³-hybridized carbons (Fsp3) is 0.464. The summed E-state index contributed by atoms with van der Waals surface area (Å²) in [5, 5.41) is 0.242. The number of hydrogen-bond donors (Lipinski definition) is 0. The SMILES string of the molecule is C[Si](C)(C)CCOCOc1ccc2c(c1)OC(Br)c1c-2c(=O)oc2cc(OCOCC[Si](C)(C)C)ccc12. The molecule has 7 nitrogen and oxygen atoms in total. The highest BCUT2D eigenvalue weighted by molar-refractivity contribution is 9.09. The van der Waals surface area contributed by atoms with Crippen LogP contribution >= 0.6 is 15.9 Å². The van der Waals surface area contributed by atoms with Crippen LogP contribution in [-0.4, -0.2) is 42.9 Å². The third kappa shape index (κ3) is 7.50. The topological polar surface area (TPSA) is 76.4 Å². The lowest BCUT2D eigenvalue weighted by atomic mass is 9.96. The standard InChI is InChI=1S/C28H37BrO7Si2/c1-37(2,3)13-11-31-17-33-19-8-10-22-23(15-19)35-27(29)25-21-9-7-20(16-24(21)36-28(30)26(22)25)34-18-32-12-14-38(4,5)6/h7-10,15-16,27H,11-14,17-18H2,1-6H3. The summed E-state index contributed by atoms with van der Waals surface area (Å²) in [6.07, 6.45) is 0. The van der Waals surface area contributed by atoms with E-state index in [-0.39, 0.29) is 13.6 Å². The quantitative estimate of drug-likeness (QED) is 0.0677. The average molecular weight is 622 g/mol. The van der Waals surface area contributed by atoms with Gasteiger partial charge in [-0.1, -0.05) is 39.3 Å². The largest absolute Gasteiger partial charge is 0.474 e. The van der Waals surface area contributed by atoms with Crippen molar-refractivity contribution in [2.24, 2.45) is 0 Å². The van der Waals surface area contributed by atoms with E-state index in [9.17, 15) is 4.79 Å². The molecule has 1 unspecified atom stereocenters. The van der Waals surface area contributed by atoms with Crippen molar-refractivity contribution < 1.29 is 28.1 Å². The zero-order chi connectivity index (χ0) is 27.5. The maximum Gasteiger partial charge on any atom is 0.344 e. The molecule has 0 spiro atoms. The summed E-state index contributed by atoms with van der Waals surface area (Å²) >= 11 is 3.61. The van der Waals surface area contributed by atoms with Crippen molar-refractivity contribution in [2.75, 3.05) is 26.8 Å². The van der Waals surface area contributed by atoms with Gasteiger partial charge in [-0.05, 0) is 52.3 Å². The van der Waals surface area contributed by atoms with E-state index in [2.05, 4.69) is 55.2 Å². The third-order valence-corrected chi connectivity index (χ3v) is 10.3. The molecule has 3 aromatic rings. The zero-order valence-electron chi connectivity index (χ0n) is 23.0. The maximum absolute atomic E-state index is 13.1. The van der Waals surface area contributed by atoms with Gasteiger partial charge in [0.1, 0.15) is 22.8 Å². The molecule has 10 heteroatoms. The summed E-state index contributed by atoms with van der Waals surface area (Å²) in [4.78, 5) is 13.1. The minimum atomic E-state index is -1.15. The highest BCUT2D eigenvalue weighted by Crippen LogP contribution is 2.47. The van der Waals surface area contributed by atoms with Crippen LogP contribution in [0.3, 0.4) is 0 Å². The molecule has 1 aromatic heterocycles. The summed E-state index contributed by atoms with van der Waals surface area (Å²) in [7, 11) is -2.30. The van der Waals surface area contributed by atoms with E-state index in [0.29, 0.717) is 47.2 Å². The Bertz CT molecular complexity index is 1330. The van der Waals surface area contributed by atoms with Gasteiger partial charge in [-0.15, -0.1) is 0 Å². The van der Waals surface area contributed by atoms with E-state index >= 15 is 0 Å². The van der Waals surface area contributed by atoms with Gasteiger partial charge in [0.15, 0.2) is 18.6 Å². The summed E-state index contributed by atoms with van der Waals surface area (Å²) < 4.78 is 34.7. The Kier molecular flexibility index (Phi) is 9.08. The van der Waals surface area contributed by atoms with Crippen LogP contribution in [0.2, 0.25) is 51.4 Å². The summed E-state index contributed by atoms with van der Waals surface area (Å²) in [6, 6.07) is 13.0. The van der Waals surface area contributed by atoms with Gasteiger partial charge in [0.25, 0.3) is 0 Å². The first kappa shape index (κ1) is 28.9. The Labute approximate surface area is 234 Å². The molecule has 1 aliphatic rings. The summed E-state index contributed by atoms with van der Waals surface area (Å²) in [6.45, 7) is 15.5. The monoisotopic (exact) mass is 620 g/mol. The van der Waals surface area contributed by atoms with Gasteiger partial charge in [-0.3, -0.25) is 0 Å². The molecule has 0 radical (unpaired) electrons. The fourth-order valence-electron chi connectivity index (χ4n) is 3.95. The summed E-state index contributed by atoms with van der Waals surface area (Å²) in [5.41, 5.74) is 1.86. The highest BCUT2D eigenvalue weighted by Gasteiger charge is 2.30. The Morgan fingerprint density at radius 3 is 2.03 bits per heavy atom. The lowest BCUT2D eigenvalue weighted by Gasteiger charge is -2.26. The van der Waals surface area contributed by atoms with Crippen molar-refractivity contribution in [2.45, 2.75) is 56.4 Å². The number of alkyl halides is 1. The van der Waals surface area contributed by atoms with Crippen molar-refractivity contribution in [3.63, 3.8) is 0 Å². The smallest absolute Gasteiger partial charge is 0.344 e. The van der Waals surface area contributed by atoms with Crippen LogP contribution in [0.4, 0.5) is 0 Å². The first-order chi connectivity index (χ1) is 17.9. The molecule has 2 heterocycles. The Balaban J connectivity index is 1.48. The third-order valence-electron chi connectivity index (χ3n) is 6.21. The van der Waals surface area contributed by atoms with Gasteiger partial charge in [-0.2, -0.15) is 0 Å². The van der Waals surface area contributed by atoms with Crippen LogP contribution < -0.4 is 19.8 Å². The first-order valence-corrected chi connectivity index (χ1v) is 21.2. The van der Waals surface area contributed by atoms with Crippen molar-refractivity contribution in [1.29, 1.82) is 0 Å². The van der Waals surface area contributed by atoms with Gasteiger partial charge >= 0.3 is 5.63 Å². The molecule has 206 valence electrons. The molecule has 4 rings (SSSR count). The number of halogens is 1. The zero-order valence-corrected chi connectivity index (χ0v) is 26.6. The van der Waals surface area contributed by atoms with E-state index in [4.69, 9.17) is 28.1 Å². The minimum absolute atomic E-state index is 0.149. The molecule has 0 fully saturated rings. The van der Waals surface area contributed by atoms with Crippen molar-refractivity contribution >= 4 is 43.0 Å². The van der Waals surface area contributed by atoms with Crippen molar-refractivity contribution in [3.05, 3.63) is 52.4 Å². The second-order valence-electron chi connectivity index (χ2n) is 11.9. The number of fused-ring (bicyclic) bond motifs is 5. The molecular formula is C28H37BrO7Si2. The van der Waals surface area contributed by atoms with E-state index in [0.717, 1.165) is 23.0 Å². The second-order valence-corrected chi connectivity index (χ2v) is 24.0. The number of ether oxygens (including phenoxy) is 5. The van der Waals surface area contributed by atoms with Crippen molar-refractivity contribution in [3.8, 4) is 28.4 Å². The second kappa shape index (κ2) is 12.0. The van der Waals surface area contributed by atoms with E-state index < -0.39 is 26.8 Å². The van der Waals surface area contributed by atoms with E-state index in [1.807, 2.05) is 24.3 Å². The molecule has 2 aromatic carbocycles. The molecule has 1 atom stereocenters. The van der Waals surface area contributed by atoms with Crippen LogP contribution in [0, 0.1) is 0 Å². The molecule has 0 saturated heterocycles. The molecule has 0 aliphatic carbocycles. The van der Waals surface area contributed by atoms with Crippen LogP contribution in [0.25, 0.3) is 22.1 Å². The average Bonchev–Trinajstić information content (AvgIpc) is 2.81. The van der Waals surface area contributed by atoms with Crippen LogP contribution in [0.15, 0.2) is 45.6 Å². The predicted molar refractivity (Wildman–Crippen MR) is 159 cm³/mol. The van der Waals surface area contributed by atoms with E-state index in [1.165, 1.54) is 0 Å². The van der Waals surface area contributed by atoms with Crippen LogP contribution in [0.5, 0.6) is 17.2 Å². The Morgan fingerprint density at radius 2 is 1.42 bits per heavy atom. The lowest BCUT2D eigenvalue weighted by Crippen LogP contribution is -2.22. The number of hydrogen-bond acceptors (Lipinski definition) is 7. The molecule has 0 amide bonds. The van der Waals surface area contributed by atoms with Gasteiger partial charge in [-0.25, -0.2) is 4.79 Å². The number of benzene rings is 2. The molecule has 0 N–H and O–H groups in total. The van der Waals surface area contributed by atoms with E-state index in [1.54, 1.807) is 12.1 Å². The van der Waals surface area contributed by atoms with Crippen LogP contribution in [-0.2, 0) is 9.47 Å². The highest BCUT2D eigenvalue weighted by atomic mass is 79.9. The number of rotatable bonds is 12. The molecule has 38 heavy (non-hydrogen) atoms. The van der Waals surface area contributed by atoms with Gasteiger partial charge < -0.3 is 28.1 Å². The normalized spacial score (nSPS) is 15.1. The lowest BCUT2D eigenvalue weighted by molar-refractivity contribution is 0.0217. The molecule has 1 aliphatic heterocycles. The first-order valence-electron chi connectivity index (χ1n) is 12.9. The molecular weight excluding hydrogens is 584 g/mol. The Morgan fingerprint density at radius 1 is 0.842 bits per heavy atom.